The third-order valence-corrected chi connectivity index (χ3v) is 4.07. The molecule has 2 rings (SSSR count). The van der Waals surface area contributed by atoms with Crippen LogP contribution in [0.3, 0.4) is 0 Å². The highest BCUT2D eigenvalue weighted by molar-refractivity contribution is 6.42. The molecule has 0 bridgehead atoms. The molecular weight excluding hydrogens is 283 g/mol. The van der Waals surface area contributed by atoms with Crippen LogP contribution in [0.4, 0.5) is 0 Å². The van der Waals surface area contributed by atoms with Crippen LogP contribution in [0.2, 0.25) is 10.0 Å². The number of unbranched alkanes of at least 4 members (excludes halogenated alkanes) is 3. The van der Waals surface area contributed by atoms with Crippen LogP contribution in [0.15, 0.2) is 18.6 Å². The monoisotopic (exact) mass is 300 g/mol. The van der Waals surface area contributed by atoms with Gasteiger partial charge in [0.25, 0.3) is 0 Å². The van der Waals surface area contributed by atoms with Gasteiger partial charge in [-0.15, -0.1) is 0 Å². The largest absolute Gasteiger partial charge is 0.387 e. The molecule has 19 heavy (non-hydrogen) atoms. The van der Waals surface area contributed by atoms with Gasteiger partial charge in [-0.2, -0.15) is 0 Å². The third-order valence-electron chi connectivity index (χ3n) is 3.28. The highest BCUT2D eigenvalue weighted by Gasteiger charge is 2.18. The van der Waals surface area contributed by atoms with Crippen molar-refractivity contribution in [2.75, 3.05) is 0 Å². The average molecular weight is 301 g/mol. The Hall–Kier alpha value is -0.770. The Kier molecular flexibility index (Phi) is 5.08. The minimum Gasteiger partial charge on any atom is -0.387 e. The minimum absolute atomic E-state index is 0.412. The summed E-state index contributed by atoms with van der Waals surface area (Å²) in [6.07, 6.45) is 7.91. The topological polar surface area (TPSA) is 37.5 Å². The van der Waals surface area contributed by atoms with Crippen molar-refractivity contribution in [2.45, 2.75) is 45.1 Å². The van der Waals surface area contributed by atoms with Crippen molar-refractivity contribution < 1.29 is 5.11 Å². The number of hydrogen-bond donors (Lipinski definition) is 1. The Morgan fingerprint density at radius 2 is 2.11 bits per heavy atom. The van der Waals surface area contributed by atoms with Gasteiger partial charge in [-0.3, -0.25) is 4.40 Å². The molecule has 0 amide bonds. The van der Waals surface area contributed by atoms with Crippen molar-refractivity contribution in [1.29, 1.82) is 0 Å². The van der Waals surface area contributed by atoms with Crippen molar-refractivity contribution >= 4 is 28.7 Å². The Morgan fingerprint density at radius 1 is 1.32 bits per heavy atom. The number of halogens is 2. The van der Waals surface area contributed by atoms with Crippen LogP contribution in [0.25, 0.3) is 5.52 Å². The molecule has 2 aromatic rings. The molecule has 0 radical (unpaired) electrons. The molecule has 1 unspecified atom stereocenters. The average Bonchev–Trinajstić information content (AvgIpc) is 2.83. The number of aliphatic hydroxyl groups is 1. The number of fused-ring (bicyclic) bond motifs is 1. The van der Waals surface area contributed by atoms with E-state index in [4.69, 9.17) is 23.2 Å². The Morgan fingerprint density at radius 3 is 2.84 bits per heavy atom. The molecule has 0 saturated carbocycles. The van der Waals surface area contributed by atoms with Crippen molar-refractivity contribution in [2.24, 2.45) is 0 Å². The van der Waals surface area contributed by atoms with Crippen LogP contribution in [-0.2, 0) is 0 Å². The van der Waals surface area contributed by atoms with Crippen molar-refractivity contribution in [3.63, 3.8) is 0 Å². The van der Waals surface area contributed by atoms with Crippen molar-refractivity contribution in [3.8, 4) is 0 Å². The van der Waals surface area contributed by atoms with E-state index in [1.165, 1.54) is 12.8 Å². The van der Waals surface area contributed by atoms with Crippen LogP contribution in [0, 0.1) is 0 Å². The molecule has 0 aliphatic carbocycles. The van der Waals surface area contributed by atoms with Gasteiger partial charge in [0.1, 0.15) is 0 Å². The number of hydrogen-bond acceptors (Lipinski definition) is 2. The molecule has 0 aliphatic heterocycles. The fraction of sp³-hybridized carbons (Fsp3) is 0.500. The minimum atomic E-state index is -0.611. The normalized spacial score (nSPS) is 13.1. The molecular formula is C14H18Cl2N2O. The van der Waals surface area contributed by atoms with Gasteiger partial charge in [0, 0.05) is 0 Å². The highest BCUT2D eigenvalue weighted by atomic mass is 35.5. The van der Waals surface area contributed by atoms with E-state index in [9.17, 15) is 5.11 Å². The van der Waals surface area contributed by atoms with Crippen LogP contribution in [0.1, 0.15) is 50.8 Å². The number of aromatic nitrogens is 2. The Labute approximate surface area is 123 Å². The SMILES string of the molecule is CCCCCCC(O)c1c(Cl)c(Cl)cc2cncn12. The van der Waals surface area contributed by atoms with E-state index in [-0.39, 0.29) is 0 Å². The molecule has 5 heteroatoms. The number of rotatable bonds is 6. The van der Waals surface area contributed by atoms with Gasteiger partial charge < -0.3 is 5.11 Å². The van der Waals surface area contributed by atoms with Crippen LogP contribution >= 0.6 is 23.2 Å². The molecule has 2 heterocycles. The molecule has 3 nitrogen and oxygen atoms in total. The first-order valence-corrected chi connectivity index (χ1v) is 7.38. The summed E-state index contributed by atoms with van der Waals surface area (Å²) >= 11 is 12.3. The molecule has 0 fully saturated rings. The first kappa shape index (κ1) is 14.6. The predicted molar refractivity (Wildman–Crippen MR) is 78.9 cm³/mol. The van der Waals surface area contributed by atoms with Crippen molar-refractivity contribution in [1.82, 2.24) is 9.38 Å². The van der Waals surface area contributed by atoms with Crippen LogP contribution < -0.4 is 0 Å². The van der Waals surface area contributed by atoms with Crippen LogP contribution in [-0.4, -0.2) is 14.5 Å². The second-order valence-electron chi connectivity index (χ2n) is 4.75. The second kappa shape index (κ2) is 6.60. The van der Waals surface area contributed by atoms with Gasteiger partial charge in [0.2, 0.25) is 0 Å². The number of aliphatic hydroxyl groups excluding tert-OH is 1. The highest BCUT2D eigenvalue weighted by Crippen LogP contribution is 2.33. The quantitative estimate of drug-likeness (QED) is 0.789. The number of pyridine rings is 1. The van der Waals surface area contributed by atoms with Crippen LogP contribution in [0.5, 0.6) is 0 Å². The molecule has 2 aromatic heterocycles. The summed E-state index contributed by atoms with van der Waals surface area (Å²) in [7, 11) is 0. The summed E-state index contributed by atoms with van der Waals surface area (Å²) in [5.41, 5.74) is 1.48. The van der Waals surface area contributed by atoms with Gasteiger partial charge in [0.05, 0.1) is 39.9 Å². The zero-order valence-corrected chi connectivity index (χ0v) is 12.5. The summed E-state index contributed by atoms with van der Waals surface area (Å²) in [5, 5.41) is 11.2. The molecule has 1 N–H and O–H groups in total. The zero-order chi connectivity index (χ0) is 13.8. The zero-order valence-electron chi connectivity index (χ0n) is 10.9. The van der Waals surface area contributed by atoms with E-state index in [1.54, 1.807) is 23.0 Å². The molecule has 104 valence electrons. The van der Waals surface area contributed by atoms with E-state index in [0.717, 1.165) is 18.4 Å². The smallest absolute Gasteiger partial charge is 0.0995 e. The van der Waals surface area contributed by atoms with Crippen molar-refractivity contribution in [3.05, 3.63) is 34.3 Å². The van der Waals surface area contributed by atoms with Gasteiger partial charge in [-0.1, -0.05) is 55.8 Å². The van der Waals surface area contributed by atoms with Gasteiger partial charge >= 0.3 is 0 Å². The number of imidazole rings is 1. The molecule has 0 saturated heterocycles. The molecule has 1 atom stereocenters. The fourth-order valence-corrected chi connectivity index (χ4v) is 2.72. The van der Waals surface area contributed by atoms with E-state index in [0.29, 0.717) is 22.2 Å². The first-order valence-electron chi connectivity index (χ1n) is 6.63. The fourth-order valence-electron chi connectivity index (χ4n) is 2.24. The van der Waals surface area contributed by atoms with Gasteiger partial charge in [-0.05, 0) is 12.5 Å². The lowest BCUT2D eigenvalue weighted by Gasteiger charge is -2.16. The first-order chi connectivity index (χ1) is 9.15. The molecule has 0 aliphatic rings. The Bertz CT molecular complexity index is 554. The predicted octanol–water partition coefficient (Wildman–Crippen LogP) is 4.64. The van der Waals surface area contributed by atoms with E-state index in [1.807, 2.05) is 0 Å². The maximum atomic E-state index is 10.3. The van der Waals surface area contributed by atoms with Gasteiger partial charge in [0.15, 0.2) is 0 Å². The maximum absolute atomic E-state index is 10.3. The van der Waals surface area contributed by atoms with E-state index >= 15 is 0 Å². The second-order valence-corrected chi connectivity index (χ2v) is 5.53. The standard InChI is InChI=1S/C14H18Cl2N2O/c1-2-3-4-5-6-12(19)14-13(16)11(15)7-10-8-17-9-18(10)14/h7-9,12,19H,2-6H2,1H3. The third kappa shape index (κ3) is 3.22. The summed E-state index contributed by atoms with van der Waals surface area (Å²) in [6.45, 7) is 2.17. The molecule has 0 aromatic carbocycles. The lowest BCUT2D eigenvalue weighted by molar-refractivity contribution is 0.157. The summed E-state index contributed by atoms with van der Waals surface area (Å²) < 4.78 is 1.80. The summed E-state index contributed by atoms with van der Waals surface area (Å²) in [6, 6.07) is 1.75. The number of nitrogens with zero attached hydrogens (tertiary/aromatic N) is 2. The Balaban J connectivity index is 2.22. The van der Waals surface area contributed by atoms with E-state index in [2.05, 4.69) is 11.9 Å². The molecule has 0 spiro atoms. The van der Waals surface area contributed by atoms with E-state index < -0.39 is 6.10 Å². The summed E-state index contributed by atoms with van der Waals surface area (Å²) in [4.78, 5) is 4.07. The lowest BCUT2D eigenvalue weighted by Crippen LogP contribution is -2.05. The lowest BCUT2D eigenvalue weighted by atomic mass is 10.1. The maximum Gasteiger partial charge on any atom is 0.0995 e. The van der Waals surface area contributed by atoms with Gasteiger partial charge in [-0.25, -0.2) is 4.98 Å². The summed E-state index contributed by atoms with van der Waals surface area (Å²) in [5.74, 6) is 0.